The molecule has 3 nitrogen and oxygen atoms in total. The van der Waals surface area contributed by atoms with Crippen molar-refractivity contribution in [3.05, 3.63) is 16.1 Å². The minimum atomic E-state index is -0.486. The van der Waals surface area contributed by atoms with E-state index in [0.717, 1.165) is 42.5 Å². The van der Waals surface area contributed by atoms with Gasteiger partial charge >= 0.3 is 0 Å². The highest BCUT2D eigenvalue weighted by atomic mass is 32.2. The fraction of sp³-hybridized carbons (Fsp3) is 0.769. The van der Waals surface area contributed by atoms with Crippen LogP contribution >= 0.6 is 23.1 Å². The lowest BCUT2D eigenvalue weighted by Crippen LogP contribution is -2.43. The molecule has 0 aromatic carbocycles. The Morgan fingerprint density at radius 3 is 2.89 bits per heavy atom. The van der Waals surface area contributed by atoms with E-state index in [2.05, 4.69) is 15.7 Å². The number of aliphatic hydroxyl groups is 1. The summed E-state index contributed by atoms with van der Waals surface area (Å²) < 4.78 is 0. The summed E-state index contributed by atoms with van der Waals surface area (Å²) in [4.78, 5) is 4.65. The molecule has 3 rings (SSSR count). The normalized spacial score (nSPS) is 23.2. The van der Waals surface area contributed by atoms with E-state index in [9.17, 15) is 5.11 Å². The maximum atomic E-state index is 10.4. The molecule has 18 heavy (non-hydrogen) atoms. The van der Waals surface area contributed by atoms with Crippen LogP contribution in [0.1, 0.15) is 42.3 Å². The molecule has 0 radical (unpaired) electrons. The van der Waals surface area contributed by atoms with Crippen LogP contribution in [0, 0.1) is 0 Å². The summed E-state index contributed by atoms with van der Waals surface area (Å²) in [6, 6.07) is 0. The molecule has 1 aromatic heterocycles. The molecule has 2 N–H and O–H groups in total. The minimum absolute atomic E-state index is 0.486. The Kier molecular flexibility index (Phi) is 3.94. The molecule has 0 amide bonds. The van der Waals surface area contributed by atoms with Crippen molar-refractivity contribution in [2.45, 2.75) is 43.7 Å². The van der Waals surface area contributed by atoms with Crippen molar-refractivity contribution in [1.82, 2.24) is 10.3 Å². The van der Waals surface area contributed by atoms with Crippen LogP contribution in [0.25, 0.3) is 0 Å². The highest BCUT2D eigenvalue weighted by Crippen LogP contribution is 2.41. The van der Waals surface area contributed by atoms with E-state index in [1.165, 1.54) is 17.8 Å². The number of hydrogen-bond acceptors (Lipinski definition) is 5. The Bertz CT molecular complexity index is 397. The SMILES string of the molecule is OC1(CNCc2csc(C3CC3)n2)CCSCC1. The zero-order chi connectivity index (χ0) is 12.4. The first-order valence-corrected chi connectivity index (χ1v) is 8.74. The van der Waals surface area contributed by atoms with Gasteiger partial charge in [-0.1, -0.05) is 0 Å². The zero-order valence-electron chi connectivity index (χ0n) is 10.5. The highest BCUT2D eigenvalue weighted by molar-refractivity contribution is 7.99. The molecule has 2 heterocycles. The van der Waals surface area contributed by atoms with Gasteiger partial charge in [-0.25, -0.2) is 4.98 Å². The molecule has 1 aliphatic heterocycles. The molecule has 2 fully saturated rings. The van der Waals surface area contributed by atoms with Crippen LogP contribution < -0.4 is 5.32 Å². The third-order valence-electron chi connectivity index (χ3n) is 3.68. The number of thioether (sulfide) groups is 1. The lowest BCUT2D eigenvalue weighted by Gasteiger charge is -2.31. The van der Waals surface area contributed by atoms with Crippen molar-refractivity contribution in [1.29, 1.82) is 0 Å². The number of aromatic nitrogens is 1. The summed E-state index contributed by atoms with van der Waals surface area (Å²) in [5.74, 6) is 2.92. The second-order valence-corrected chi connectivity index (χ2v) is 7.51. The van der Waals surface area contributed by atoms with Crippen LogP contribution in [-0.2, 0) is 6.54 Å². The Morgan fingerprint density at radius 1 is 1.39 bits per heavy atom. The van der Waals surface area contributed by atoms with Gasteiger partial charge < -0.3 is 10.4 Å². The van der Waals surface area contributed by atoms with Crippen LogP contribution in [0.4, 0.5) is 0 Å². The molecule has 100 valence electrons. The van der Waals surface area contributed by atoms with Gasteiger partial charge in [0.1, 0.15) is 0 Å². The molecule has 0 unspecified atom stereocenters. The van der Waals surface area contributed by atoms with Crippen LogP contribution in [0.5, 0.6) is 0 Å². The summed E-state index contributed by atoms with van der Waals surface area (Å²) in [5, 5.41) is 17.2. The summed E-state index contributed by atoms with van der Waals surface area (Å²) in [5.41, 5.74) is 0.649. The van der Waals surface area contributed by atoms with E-state index in [0.29, 0.717) is 6.54 Å². The van der Waals surface area contributed by atoms with Crippen molar-refractivity contribution in [2.24, 2.45) is 0 Å². The Balaban J connectivity index is 1.45. The Hall–Kier alpha value is -0.100. The van der Waals surface area contributed by atoms with Crippen molar-refractivity contribution in [3.63, 3.8) is 0 Å². The van der Waals surface area contributed by atoms with Gasteiger partial charge in [0.2, 0.25) is 0 Å². The first kappa shape index (κ1) is 12.9. The summed E-state index contributed by atoms with van der Waals surface area (Å²) in [6.07, 6.45) is 4.46. The molecule has 0 spiro atoms. The molecule has 1 saturated heterocycles. The van der Waals surface area contributed by atoms with Crippen molar-refractivity contribution < 1.29 is 5.11 Å². The van der Waals surface area contributed by atoms with Crippen LogP contribution in [0.2, 0.25) is 0 Å². The van der Waals surface area contributed by atoms with Crippen molar-refractivity contribution in [3.8, 4) is 0 Å². The maximum Gasteiger partial charge on any atom is 0.0959 e. The minimum Gasteiger partial charge on any atom is -0.389 e. The molecule has 1 aromatic rings. The molecule has 5 heteroatoms. The predicted octanol–water partition coefficient (Wildman–Crippen LogP) is 2.37. The molecule has 2 aliphatic rings. The second-order valence-electron chi connectivity index (χ2n) is 5.39. The van der Waals surface area contributed by atoms with Gasteiger partial charge in [0.25, 0.3) is 0 Å². The average molecular weight is 284 g/mol. The Morgan fingerprint density at radius 2 is 2.17 bits per heavy atom. The first-order valence-electron chi connectivity index (χ1n) is 6.70. The molecule has 1 aliphatic carbocycles. The predicted molar refractivity (Wildman–Crippen MR) is 77.3 cm³/mol. The quantitative estimate of drug-likeness (QED) is 0.871. The standard InChI is InChI=1S/C13H20N2OS2/c16-13(3-5-17-6-4-13)9-14-7-11-8-18-12(15-11)10-1-2-10/h8,10,14,16H,1-7,9H2. The maximum absolute atomic E-state index is 10.4. The molecule has 0 atom stereocenters. The van der Waals surface area contributed by atoms with E-state index in [-0.39, 0.29) is 0 Å². The molecular weight excluding hydrogens is 264 g/mol. The van der Waals surface area contributed by atoms with Crippen LogP contribution in [-0.4, -0.2) is 33.7 Å². The third kappa shape index (κ3) is 3.26. The fourth-order valence-electron chi connectivity index (χ4n) is 2.27. The van der Waals surface area contributed by atoms with E-state index < -0.39 is 5.60 Å². The summed E-state index contributed by atoms with van der Waals surface area (Å²) in [7, 11) is 0. The van der Waals surface area contributed by atoms with Crippen molar-refractivity contribution >= 4 is 23.1 Å². The summed E-state index contributed by atoms with van der Waals surface area (Å²) >= 11 is 3.73. The number of nitrogens with one attached hydrogen (secondary N) is 1. The first-order chi connectivity index (χ1) is 8.75. The third-order valence-corrected chi connectivity index (χ3v) is 5.72. The van der Waals surface area contributed by atoms with Gasteiger partial charge in [0, 0.05) is 24.4 Å². The van der Waals surface area contributed by atoms with E-state index in [1.807, 2.05) is 11.8 Å². The average Bonchev–Trinajstić information content (AvgIpc) is 3.11. The molecule has 1 saturated carbocycles. The van der Waals surface area contributed by atoms with Gasteiger partial charge in [-0.2, -0.15) is 11.8 Å². The van der Waals surface area contributed by atoms with Crippen LogP contribution in [0.3, 0.4) is 0 Å². The Labute approximate surface area is 116 Å². The lowest BCUT2D eigenvalue weighted by molar-refractivity contribution is 0.0319. The van der Waals surface area contributed by atoms with Crippen LogP contribution in [0.15, 0.2) is 5.38 Å². The topological polar surface area (TPSA) is 45.1 Å². The van der Waals surface area contributed by atoms with Crippen molar-refractivity contribution in [2.75, 3.05) is 18.1 Å². The lowest BCUT2D eigenvalue weighted by atomic mass is 9.97. The van der Waals surface area contributed by atoms with Gasteiger partial charge in [0.15, 0.2) is 0 Å². The number of thiazole rings is 1. The van der Waals surface area contributed by atoms with Gasteiger partial charge in [0.05, 0.1) is 16.3 Å². The number of nitrogens with zero attached hydrogens (tertiary/aromatic N) is 1. The van der Waals surface area contributed by atoms with Gasteiger partial charge in [-0.15, -0.1) is 11.3 Å². The number of hydrogen-bond donors (Lipinski definition) is 2. The smallest absolute Gasteiger partial charge is 0.0959 e. The summed E-state index contributed by atoms with van der Waals surface area (Å²) in [6.45, 7) is 1.49. The monoisotopic (exact) mass is 284 g/mol. The molecule has 0 bridgehead atoms. The van der Waals surface area contributed by atoms with Gasteiger partial charge in [-0.05, 0) is 37.2 Å². The van der Waals surface area contributed by atoms with E-state index in [1.54, 1.807) is 11.3 Å². The fourth-order valence-corrected chi connectivity index (χ4v) is 4.52. The van der Waals surface area contributed by atoms with E-state index in [4.69, 9.17) is 0 Å². The second kappa shape index (κ2) is 5.49. The van der Waals surface area contributed by atoms with E-state index >= 15 is 0 Å². The largest absolute Gasteiger partial charge is 0.389 e. The highest BCUT2D eigenvalue weighted by Gasteiger charge is 2.29. The number of rotatable bonds is 5. The van der Waals surface area contributed by atoms with Gasteiger partial charge in [-0.3, -0.25) is 0 Å². The molecular formula is C13H20N2OS2. The zero-order valence-corrected chi connectivity index (χ0v) is 12.2.